The summed E-state index contributed by atoms with van der Waals surface area (Å²) in [4.78, 5) is 1.05. The lowest BCUT2D eigenvalue weighted by Gasteiger charge is -2.18. The highest BCUT2D eigenvalue weighted by Gasteiger charge is 2.27. The van der Waals surface area contributed by atoms with Gasteiger partial charge in [0.05, 0.1) is 4.88 Å². The smallest absolute Gasteiger partial charge is 0.144 e. The molecule has 1 unspecified atom stereocenters. The number of benzene rings is 1. The first-order valence-corrected chi connectivity index (χ1v) is 8.67. The molecule has 2 aromatic rings. The second-order valence-corrected chi connectivity index (χ2v) is 9.03. The predicted molar refractivity (Wildman–Crippen MR) is 89.6 cm³/mol. The normalized spacial score (nSPS) is 14.9. The van der Waals surface area contributed by atoms with Crippen LogP contribution in [0.4, 0.5) is 0 Å². The lowest BCUT2D eigenvalue weighted by molar-refractivity contribution is 0.561. The Kier molecular flexibility index (Phi) is 4.40. The van der Waals surface area contributed by atoms with E-state index in [1.807, 2.05) is 39.8 Å². The van der Waals surface area contributed by atoms with E-state index in [4.69, 9.17) is 0 Å². The lowest BCUT2D eigenvalue weighted by atomic mass is 10.2. The van der Waals surface area contributed by atoms with Crippen molar-refractivity contribution >= 4 is 54.4 Å². The molecule has 0 saturated heterocycles. The highest BCUT2D eigenvalue weighted by molar-refractivity contribution is 9.10. The summed E-state index contributed by atoms with van der Waals surface area (Å²) in [6.07, 6.45) is 0. The molecule has 0 saturated carbocycles. The Morgan fingerprint density at radius 3 is 2.53 bits per heavy atom. The lowest BCUT2D eigenvalue weighted by Crippen LogP contribution is -2.26. The second-order valence-electron chi connectivity index (χ2n) is 5.28. The zero-order valence-electron chi connectivity index (χ0n) is 11.4. The summed E-state index contributed by atoms with van der Waals surface area (Å²) >= 11 is 4.07. The van der Waals surface area contributed by atoms with Crippen molar-refractivity contribution in [1.82, 2.24) is 0 Å². The van der Waals surface area contributed by atoms with Crippen LogP contribution in [0.25, 0.3) is 10.1 Å². The standard InChI is InChI=1S/C14H16BrNOS2/c1-9(16-19(17)14(2,3)4)13-12(15)10-7-5-6-8-11(10)18-13/h5-8H,1-4H3/b16-9-. The molecule has 1 atom stereocenters. The maximum Gasteiger partial charge on any atom is 0.144 e. The Bertz CT molecular complexity index is 628. The van der Waals surface area contributed by atoms with Crippen LogP contribution in [0.5, 0.6) is 0 Å². The van der Waals surface area contributed by atoms with Gasteiger partial charge in [0, 0.05) is 14.6 Å². The van der Waals surface area contributed by atoms with Crippen LogP contribution in [0, 0.1) is 0 Å². The molecule has 0 aliphatic heterocycles. The van der Waals surface area contributed by atoms with Crippen molar-refractivity contribution in [1.29, 1.82) is 0 Å². The van der Waals surface area contributed by atoms with Crippen LogP contribution in [0.2, 0.25) is 0 Å². The number of nitrogens with zero attached hydrogens (tertiary/aromatic N) is 1. The van der Waals surface area contributed by atoms with Crippen molar-refractivity contribution in [2.45, 2.75) is 32.4 Å². The van der Waals surface area contributed by atoms with Crippen LogP contribution >= 0.6 is 27.3 Å². The van der Waals surface area contributed by atoms with Crippen molar-refractivity contribution in [2.75, 3.05) is 0 Å². The van der Waals surface area contributed by atoms with Crippen molar-refractivity contribution in [3.8, 4) is 0 Å². The summed E-state index contributed by atoms with van der Waals surface area (Å²) in [5, 5.41) is 1.18. The van der Waals surface area contributed by atoms with Gasteiger partial charge in [-0.05, 0) is 49.7 Å². The molecule has 0 N–H and O–H groups in total. The molecular formula is C14H16BrNOS2. The molecule has 2 rings (SSSR count). The van der Waals surface area contributed by atoms with E-state index in [1.165, 1.54) is 10.1 Å². The Morgan fingerprint density at radius 2 is 1.95 bits per heavy atom. The number of hydrogen-bond donors (Lipinski definition) is 0. The van der Waals surface area contributed by atoms with Crippen LogP contribution in [-0.2, 0) is 11.4 Å². The minimum Gasteiger partial charge on any atom is -0.591 e. The van der Waals surface area contributed by atoms with Gasteiger partial charge >= 0.3 is 0 Å². The Hall–Kier alpha value is -0.360. The first kappa shape index (κ1) is 15.0. The van der Waals surface area contributed by atoms with Crippen molar-refractivity contribution in [3.63, 3.8) is 0 Å². The first-order valence-electron chi connectivity index (χ1n) is 5.95. The molecule has 1 aromatic heterocycles. The minimum absolute atomic E-state index is 0.329. The van der Waals surface area contributed by atoms with Gasteiger partial charge in [-0.1, -0.05) is 22.6 Å². The summed E-state index contributed by atoms with van der Waals surface area (Å²) < 4.78 is 18.4. The van der Waals surface area contributed by atoms with E-state index < -0.39 is 11.4 Å². The molecule has 5 heteroatoms. The molecule has 19 heavy (non-hydrogen) atoms. The zero-order valence-corrected chi connectivity index (χ0v) is 14.6. The predicted octanol–water partition coefficient (Wildman–Crippen LogP) is 4.94. The summed E-state index contributed by atoms with van der Waals surface area (Å²) in [5.74, 6) is 0. The molecule has 0 spiro atoms. The Morgan fingerprint density at radius 1 is 1.32 bits per heavy atom. The van der Waals surface area contributed by atoms with Gasteiger partial charge in [0.25, 0.3) is 0 Å². The van der Waals surface area contributed by atoms with E-state index in [2.05, 4.69) is 32.5 Å². The molecule has 0 amide bonds. The zero-order chi connectivity index (χ0) is 14.2. The van der Waals surface area contributed by atoms with E-state index in [-0.39, 0.29) is 4.75 Å². The van der Waals surface area contributed by atoms with Crippen LogP contribution in [-0.4, -0.2) is 15.0 Å². The van der Waals surface area contributed by atoms with E-state index >= 15 is 0 Å². The van der Waals surface area contributed by atoms with E-state index in [9.17, 15) is 4.55 Å². The topological polar surface area (TPSA) is 35.4 Å². The molecule has 0 aliphatic carbocycles. The largest absolute Gasteiger partial charge is 0.591 e. The molecule has 102 valence electrons. The minimum atomic E-state index is -1.22. The monoisotopic (exact) mass is 357 g/mol. The third-order valence-corrected chi connectivity index (χ3v) is 6.46. The van der Waals surface area contributed by atoms with Gasteiger partial charge in [-0.3, -0.25) is 0 Å². The number of halogens is 1. The number of fused-ring (bicyclic) bond motifs is 1. The average molecular weight is 358 g/mol. The van der Waals surface area contributed by atoms with Crippen LogP contribution in [0.1, 0.15) is 32.6 Å². The van der Waals surface area contributed by atoms with E-state index in [1.54, 1.807) is 11.3 Å². The first-order chi connectivity index (χ1) is 8.80. The summed E-state index contributed by atoms with van der Waals surface area (Å²) in [6.45, 7) is 7.71. The van der Waals surface area contributed by atoms with Crippen LogP contribution < -0.4 is 0 Å². The fourth-order valence-corrected chi connectivity index (χ4v) is 4.27. The summed E-state index contributed by atoms with van der Waals surface area (Å²) in [5.41, 5.74) is 0.821. The molecule has 0 fully saturated rings. The maximum atomic E-state index is 12.1. The molecule has 2 nitrogen and oxygen atoms in total. The maximum absolute atomic E-state index is 12.1. The molecule has 1 aromatic carbocycles. The van der Waals surface area contributed by atoms with E-state index in [0.29, 0.717) is 0 Å². The van der Waals surface area contributed by atoms with Gasteiger partial charge < -0.3 is 4.55 Å². The van der Waals surface area contributed by atoms with Gasteiger partial charge in [0.1, 0.15) is 21.8 Å². The van der Waals surface area contributed by atoms with Crippen LogP contribution in [0.3, 0.4) is 0 Å². The van der Waals surface area contributed by atoms with Gasteiger partial charge in [0.15, 0.2) is 0 Å². The average Bonchev–Trinajstić information content (AvgIpc) is 2.66. The van der Waals surface area contributed by atoms with Crippen LogP contribution in [0.15, 0.2) is 33.1 Å². The number of hydrogen-bond acceptors (Lipinski definition) is 3. The summed E-state index contributed by atoms with van der Waals surface area (Å²) in [6, 6.07) is 8.20. The second kappa shape index (κ2) is 5.56. The molecule has 0 bridgehead atoms. The number of thiophene rings is 1. The van der Waals surface area contributed by atoms with Crippen molar-refractivity contribution < 1.29 is 4.55 Å². The number of rotatable bonds is 2. The summed E-state index contributed by atoms with van der Waals surface area (Å²) in [7, 11) is 0. The Labute approximate surface area is 129 Å². The Balaban J connectivity index is 2.44. The molecule has 0 aliphatic rings. The molecular weight excluding hydrogens is 342 g/mol. The third kappa shape index (κ3) is 3.21. The molecule has 1 heterocycles. The third-order valence-electron chi connectivity index (χ3n) is 2.61. The highest BCUT2D eigenvalue weighted by Crippen LogP contribution is 2.36. The van der Waals surface area contributed by atoms with E-state index in [0.717, 1.165) is 15.1 Å². The quantitative estimate of drug-likeness (QED) is 0.553. The van der Waals surface area contributed by atoms with Crippen molar-refractivity contribution in [3.05, 3.63) is 33.6 Å². The van der Waals surface area contributed by atoms with Gasteiger partial charge in [0.2, 0.25) is 0 Å². The SMILES string of the molecule is C/C(=N/[S+]([O-])C(C)(C)C)c1sc2ccccc2c1Br. The highest BCUT2D eigenvalue weighted by atomic mass is 79.9. The fraction of sp³-hybridized carbons (Fsp3) is 0.357. The van der Waals surface area contributed by atoms with Gasteiger partial charge in [-0.15, -0.1) is 11.3 Å². The fourth-order valence-electron chi connectivity index (χ4n) is 1.55. The van der Waals surface area contributed by atoms with Gasteiger partial charge in [-0.25, -0.2) is 0 Å². The van der Waals surface area contributed by atoms with Gasteiger partial charge in [-0.2, -0.15) is 0 Å². The van der Waals surface area contributed by atoms with Crippen molar-refractivity contribution in [2.24, 2.45) is 4.40 Å². The molecule has 0 radical (unpaired) electrons.